The second kappa shape index (κ2) is 9.15. The van der Waals surface area contributed by atoms with Gasteiger partial charge in [-0.1, -0.05) is 24.1 Å². The number of anilines is 1. The highest BCUT2D eigenvalue weighted by Crippen LogP contribution is 2.29. The predicted molar refractivity (Wildman–Crippen MR) is 133 cm³/mol. The molecule has 1 saturated heterocycles. The van der Waals surface area contributed by atoms with Crippen molar-refractivity contribution in [3.63, 3.8) is 0 Å². The fourth-order valence-corrected chi connectivity index (χ4v) is 6.74. The van der Waals surface area contributed by atoms with E-state index in [0.717, 1.165) is 55.7 Å². The monoisotopic (exact) mass is 480 g/mol. The zero-order valence-electron chi connectivity index (χ0n) is 20.0. The van der Waals surface area contributed by atoms with Crippen LogP contribution in [0.25, 0.3) is 11.0 Å². The molecular formula is C26H32N4O3S. The molecule has 3 heterocycles. The van der Waals surface area contributed by atoms with E-state index in [0.29, 0.717) is 36.3 Å². The smallest absolute Gasteiger partial charge is 0.243 e. The number of hydrogen-bond acceptors (Lipinski definition) is 4. The van der Waals surface area contributed by atoms with Gasteiger partial charge in [-0.15, -0.1) is 0 Å². The van der Waals surface area contributed by atoms with Gasteiger partial charge in [-0.2, -0.15) is 4.31 Å². The van der Waals surface area contributed by atoms with Gasteiger partial charge in [0.05, 0.1) is 15.9 Å². The Morgan fingerprint density at radius 1 is 1.00 bits per heavy atom. The molecule has 5 rings (SSSR count). The summed E-state index contributed by atoms with van der Waals surface area (Å²) in [6, 6.07) is 11.5. The molecule has 34 heavy (non-hydrogen) atoms. The highest BCUT2D eigenvalue weighted by atomic mass is 32.2. The number of fused-ring (bicyclic) bond motifs is 2. The minimum atomic E-state index is -3.51. The van der Waals surface area contributed by atoms with Crippen LogP contribution in [0.1, 0.15) is 49.1 Å². The van der Waals surface area contributed by atoms with E-state index in [9.17, 15) is 13.2 Å². The maximum absolute atomic E-state index is 13.1. The standard InChI is InChI=1S/C26H32N4O3S/c1-19-8-10-23-20(17-19)7-6-16-30(23)26(31)13-12-25-27-22-18-21(9-11-24(22)28(25)2)34(32,33)29-14-4-3-5-15-29/h8-11,17-18H,3-7,12-16H2,1-2H3. The molecule has 0 radical (unpaired) electrons. The normalized spacial score (nSPS) is 17.2. The Labute approximate surface area is 201 Å². The van der Waals surface area contributed by atoms with Crippen molar-refractivity contribution in [2.24, 2.45) is 7.05 Å². The summed E-state index contributed by atoms with van der Waals surface area (Å²) < 4.78 is 29.7. The Hall–Kier alpha value is -2.71. The topological polar surface area (TPSA) is 75.5 Å². The van der Waals surface area contributed by atoms with Gasteiger partial charge < -0.3 is 9.47 Å². The molecule has 0 spiro atoms. The Balaban J connectivity index is 1.34. The van der Waals surface area contributed by atoms with Crippen molar-refractivity contribution in [1.82, 2.24) is 13.9 Å². The Kier molecular flexibility index (Phi) is 6.20. The van der Waals surface area contributed by atoms with Crippen molar-refractivity contribution in [2.75, 3.05) is 24.5 Å². The number of benzene rings is 2. The predicted octanol–water partition coefficient (Wildman–Crippen LogP) is 3.97. The first-order valence-electron chi connectivity index (χ1n) is 12.2. The molecule has 2 aromatic carbocycles. The van der Waals surface area contributed by atoms with Crippen LogP contribution in [-0.2, 0) is 34.7 Å². The number of hydrogen-bond donors (Lipinski definition) is 0. The number of piperidine rings is 1. The van der Waals surface area contributed by atoms with Gasteiger partial charge >= 0.3 is 0 Å². The molecule has 0 atom stereocenters. The van der Waals surface area contributed by atoms with Gasteiger partial charge in [0.1, 0.15) is 5.82 Å². The van der Waals surface area contributed by atoms with E-state index < -0.39 is 10.0 Å². The number of imidazole rings is 1. The fraction of sp³-hybridized carbons (Fsp3) is 0.462. The lowest BCUT2D eigenvalue weighted by Gasteiger charge is -2.30. The molecule has 0 N–H and O–H groups in total. The molecule has 1 aromatic heterocycles. The van der Waals surface area contributed by atoms with Crippen LogP contribution in [0.2, 0.25) is 0 Å². The molecule has 0 unspecified atom stereocenters. The number of amides is 1. The summed E-state index contributed by atoms with van der Waals surface area (Å²) in [5, 5.41) is 0. The summed E-state index contributed by atoms with van der Waals surface area (Å²) in [4.78, 5) is 20.0. The summed E-state index contributed by atoms with van der Waals surface area (Å²) in [5.74, 6) is 0.891. The van der Waals surface area contributed by atoms with Crippen molar-refractivity contribution in [3.05, 3.63) is 53.3 Å². The third-order valence-electron chi connectivity index (χ3n) is 7.11. The van der Waals surface area contributed by atoms with Crippen molar-refractivity contribution in [1.29, 1.82) is 0 Å². The van der Waals surface area contributed by atoms with Crippen molar-refractivity contribution in [3.8, 4) is 0 Å². The molecule has 0 bridgehead atoms. The molecule has 1 amide bonds. The quantitative estimate of drug-likeness (QED) is 0.554. The second-order valence-electron chi connectivity index (χ2n) is 9.48. The molecule has 0 aliphatic carbocycles. The average molecular weight is 481 g/mol. The number of rotatable bonds is 5. The van der Waals surface area contributed by atoms with Crippen LogP contribution in [0, 0.1) is 6.92 Å². The second-order valence-corrected chi connectivity index (χ2v) is 11.4. The van der Waals surface area contributed by atoms with Gasteiger partial charge in [-0.05, 0) is 62.4 Å². The van der Waals surface area contributed by atoms with E-state index >= 15 is 0 Å². The lowest BCUT2D eigenvalue weighted by molar-refractivity contribution is -0.118. The Morgan fingerprint density at radius 2 is 1.79 bits per heavy atom. The number of aryl methyl sites for hydroxylation is 4. The molecule has 3 aromatic rings. The van der Waals surface area contributed by atoms with Crippen molar-refractivity contribution < 1.29 is 13.2 Å². The van der Waals surface area contributed by atoms with Gasteiger partial charge in [0.2, 0.25) is 15.9 Å². The minimum Gasteiger partial charge on any atom is -0.331 e. The summed E-state index contributed by atoms with van der Waals surface area (Å²) >= 11 is 0. The van der Waals surface area contributed by atoms with E-state index in [1.807, 2.05) is 22.6 Å². The van der Waals surface area contributed by atoms with E-state index in [2.05, 4.69) is 25.1 Å². The van der Waals surface area contributed by atoms with Crippen LogP contribution in [0.5, 0.6) is 0 Å². The molecule has 0 saturated carbocycles. The third-order valence-corrected chi connectivity index (χ3v) is 9.01. The zero-order valence-corrected chi connectivity index (χ0v) is 20.8. The molecule has 8 heteroatoms. The summed E-state index contributed by atoms with van der Waals surface area (Å²) in [6.07, 6.45) is 5.75. The van der Waals surface area contributed by atoms with Crippen molar-refractivity contribution in [2.45, 2.75) is 56.8 Å². The zero-order chi connectivity index (χ0) is 23.9. The molecule has 7 nitrogen and oxygen atoms in total. The first-order chi connectivity index (χ1) is 16.3. The number of carbonyl (C=O) groups excluding carboxylic acids is 1. The van der Waals surface area contributed by atoms with Gasteiger partial charge in [0.15, 0.2) is 0 Å². The highest BCUT2D eigenvalue weighted by Gasteiger charge is 2.27. The SMILES string of the molecule is Cc1ccc2c(c1)CCCN2C(=O)CCc1nc2cc(S(=O)(=O)N3CCCCC3)ccc2n1C. The van der Waals surface area contributed by atoms with Crippen molar-refractivity contribution >= 4 is 32.7 Å². The molecule has 1 fully saturated rings. The number of sulfonamides is 1. The lowest BCUT2D eigenvalue weighted by Crippen LogP contribution is -2.35. The Morgan fingerprint density at radius 3 is 2.59 bits per heavy atom. The molecule has 180 valence electrons. The largest absolute Gasteiger partial charge is 0.331 e. The minimum absolute atomic E-state index is 0.102. The van der Waals surface area contributed by atoms with E-state index in [1.165, 1.54) is 11.1 Å². The number of carbonyl (C=O) groups is 1. The fourth-order valence-electron chi connectivity index (χ4n) is 5.21. The van der Waals surface area contributed by atoms with E-state index in [-0.39, 0.29) is 5.91 Å². The van der Waals surface area contributed by atoms with Gasteiger partial charge in [-0.3, -0.25) is 4.79 Å². The first kappa shape index (κ1) is 23.1. The highest BCUT2D eigenvalue weighted by molar-refractivity contribution is 7.89. The van der Waals surface area contributed by atoms with E-state index in [4.69, 9.17) is 4.98 Å². The summed E-state index contributed by atoms with van der Waals surface area (Å²) in [6.45, 7) is 3.98. The average Bonchev–Trinajstić information content (AvgIpc) is 3.17. The number of nitrogens with zero attached hydrogens (tertiary/aromatic N) is 4. The Bertz CT molecular complexity index is 1340. The third kappa shape index (κ3) is 4.25. The first-order valence-corrected chi connectivity index (χ1v) is 13.6. The maximum atomic E-state index is 13.1. The van der Waals surface area contributed by atoms with Gasteiger partial charge in [-0.25, -0.2) is 13.4 Å². The molecule has 2 aliphatic heterocycles. The number of aromatic nitrogens is 2. The molecular weight excluding hydrogens is 448 g/mol. The van der Waals surface area contributed by atoms with Gasteiger partial charge in [0, 0.05) is 45.2 Å². The lowest BCUT2D eigenvalue weighted by atomic mass is 9.99. The van der Waals surface area contributed by atoms with Crippen LogP contribution in [0.4, 0.5) is 5.69 Å². The van der Waals surface area contributed by atoms with Gasteiger partial charge in [0.25, 0.3) is 0 Å². The van der Waals surface area contributed by atoms with E-state index in [1.54, 1.807) is 16.4 Å². The van der Waals surface area contributed by atoms with Crippen LogP contribution in [-0.4, -0.2) is 47.8 Å². The maximum Gasteiger partial charge on any atom is 0.243 e. The van der Waals surface area contributed by atoms with Crippen LogP contribution in [0.15, 0.2) is 41.3 Å². The summed E-state index contributed by atoms with van der Waals surface area (Å²) in [7, 11) is -1.58. The summed E-state index contributed by atoms with van der Waals surface area (Å²) in [5.41, 5.74) is 5.01. The van der Waals surface area contributed by atoms with Crippen LogP contribution >= 0.6 is 0 Å². The molecule has 2 aliphatic rings. The van der Waals surface area contributed by atoms with Crippen LogP contribution < -0.4 is 4.90 Å². The van der Waals surface area contributed by atoms with Crippen LogP contribution in [0.3, 0.4) is 0 Å².